The van der Waals surface area contributed by atoms with Gasteiger partial charge >= 0.3 is 0 Å². The van der Waals surface area contributed by atoms with Crippen molar-refractivity contribution in [3.8, 4) is 39.3 Å². The lowest BCUT2D eigenvalue weighted by molar-refractivity contribution is 1.15. The van der Waals surface area contributed by atoms with Crippen molar-refractivity contribution in [2.24, 2.45) is 0 Å². The van der Waals surface area contributed by atoms with Gasteiger partial charge in [0.2, 0.25) is 0 Å². The average molecular weight is 726 g/mol. The molecule has 0 bridgehead atoms. The summed E-state index contributed by atoms with van der Waals surface area (Å²) < 4.78 is 7.43. The summed E-state index contributed by atoms with van der Waals surface area (Å²) in [5.41, 5.74) is 15.3. The number of aromatic nitrogens is 3. The van der Waals surface area contributed by atoms with Crippen LogP contribution in [0.25, 0.3) is 105 Å². The molecule has 3 heterocycles. The number of para-hydroxylation sites is 6. The Balaban J connectivity index is 1.19. The molecule has 0 saturated heterocycles. The SMILES string of the molecule is c1ccc(-c2cccc(-c3cccc(-n4c5ccccc5c5ccc6c7ccccc7n(-c7ccccc7)c6c54)c3)c2-n2c3ccccc3c3ccccc32)cc1. The third kappa shape index (κ3) is 4.66. The van der Waals surface area contributed by atoms with Gasteiger partial charge in [0, 0.05) is 54.8 Å². The average Bonchev–Trinajstić information content (AvgIpc) is 3.93. The predicted molar refractivity (Wildman–Crippen MR) is 240 cm³/mol. The van der Waals surface area contributed by atoms with Gasteiger partial charge in [-0.3, -0.25) is 0 Å². The van der Waals surface area contributed by atoms with Crippen molar-refractivity contribution in [3.63, 3.8) is 0 Å². The zero-order chi connectivity index (χ0) is 37.5. The highest BCUT2D eigenvalue weighted by Crippen LogP contribution is 2.44. The molecule has 3 nitrogen and oxygen atoms in total. The highest BCUT2D eigenvalue weighted by Gasteiger charge is 2.23. The van der Waals surface area contributed by atoms with Crippen LogP contribution in [0.3, 0.4) is 0 Å². The van der Waals surface area contributed by atoms with E-state index in [1.165, 1.54) is 87.8 Å². The number of hydrogen-bond donors (Lipinski definition) is 0. The van der Waals surface area contributed by atoms with Crippen molar-refractivity contribution in [2.75, 3.05) is 0 Å². The van der Waals surface area contributed by atoms with E-state index in [4.69, 9.17) is 0 Å². The Labute approximate surface area is 329 Å². The van der Waals surface area contributed by atoms with Gasteiger partial charge in [-0.25, -0.2) is 0 Å². The maximum absolute atomic E-state index is 2.50. The monoisotopic (exact) mass is 725 g/mol. The van der Waals surface area contributed by atoms with Crippen LogP contribution in [-0.2, 0) is 0 Å². The van der Waals surface area contributed by atoms with Crippen LogP contribution in [0.5, 0.6) is 0 Å². The summed E-state index contributed by atoms with van der Waals surface area (Å²) in [6.07, 6.45) is 0. The van der Waals surface area contributed by atoms with E-state index in [1.807, 2.05) is 0 Å². The molecular formula is C54H35N3. The van der Waals surface area contributed by atoms with Crippen LogP contribution >= 0.6 is 0 Å². The molecule has 0 fully saturated rings. The van der Waals surface area contributed by atoms with Crippen molar-refractivity contribution < 1.29 is 0 Å². The second kappa shape index (κ2) is 12.5. The lowest BCUT2D eigenvalue weighted by Gasteiger charge is -2.20. The first-order valence-corrected chi connectivity index (χ1v) is 19.6. The summed E-state index contributed by atoms with van der Waals surface area (Å²) in [7, 11) is 0. The van der Waals surface area contributed by atoms with Crippen LogP contribution in [0.4, 0.5) is 0 Å². The molecular weight excluding hydrogens is 691 g/mol. The Kier molecular flexibility index (Phi) is 6.93. The molecule has 57 heavy (non-hydrogen) atoms. The van der Waals surface area contributed by atoms with Crippen molar-refractivity contribution in [1.82, 2.24) is 13.7 Å². The summed E-state index contributed by atoms with van der Waals surface area (Å²) in [6.45, 7) is 0. The van der Waals surface area contributed by atoms with Crippen LogP contribution in [0, 0.1) is 0 Å². The molecule has 12 aromatic rings. The maximum Gasteiger partial charge on any atom is 0.0788 e. The van der Waals surface area contributed by atoms with E-state index in [2.05, 4.69) is 226 Å². The summed E-state index contributed by atoms with van der Waals surface area (Å²) in [5, 5.41) is 7.46. The molecule has 0 aliphatic rings. The second-order valence-corrected chi connectivity index (χ2v) is 14.9. The van der Waals surface area contributed by atoms with Gasteiger partial charge in [-0.15, -0.1) is 0 Å². The van der Waals surface area contributed by atoms with E-state index in [0.29, 0.717) is 0 Å². The van der Waals surface area contributed by atoms with Gasteiger partial charge in [0.1, 0.15) is 0 Å². The lowest BCUT2D eigenvalue weighted by atomic mass is 9.95. The molecule has 0 saturated carbocycles. The van der Waals surface area contributed by atoms with Crippen LogP contribution < -0.4 is 0 Å². The molecule has 0 aliphatic heterocycles. The molecule has 0 radical (unpaired) electrons. The minimum absolute atomic E-state index is 1.12. The zero-order valence-corrected chi connectivity index (χ0v) is 31.0. The number of nitrogens with zero attached hydrogens (tertiary/aromatic N) is 3. The number of rotatable bonds is 5. The Morgan fingerprint density at radius 2 is 0.632 bits per heavy atom. The standard InChI is InChI=1S/C54H35N3/c1-3-17-36(18-4-1)40-27-16-28-41(52(40)57-50-31-13-7-23-42(50)43-24-8-14-32-51(43)57)37-19-15-22-39(35-37)56-49-30-12-10-26-45(49)47-34-33-46-44-25-9-11-29-48(44)55(53(46)54(47)56)38-20-5-2-6-21-38/h1-35H. The van der Waals surface area contributed by atoms with Crippen LogP contribution in [-0.4, -0.2) is 13.7 Å². The predicted octanol–water partition coefficient (Wildman–Crippen LogP) is 14.3. The highest BCUT2D eigenvalue weighted by molar-refractivity contribution is 6.24. The molecule has 0 N–H and O–H groups in total. The van der Waals surface area contributed by atoms with Crippen LogP contribution in [0.2, 0.25) is 0 Å². The zero-order valence-electron chi connectivity index (χ0n) is 31.0. The van der Waals surface area contributed by atoms with E-state index < -0.39 is 0 Å². The van der Waals surface area contributed by atoms with E-state index >= 15 is 0 Å². The minimum Gasteiger partial charge on any atom is -0.308 e. The van der Waals surface area contributed by atoms with Gasteiger partial charge in [-0.05, 0) is 59.7 Å². The van der Waals surface area contributed by atoms with E-state index in [1.54, 1.807) is 0 Å². The van der Waals surface area contributed by atoms with E-state index in [-0.39, 0.29) is 0 Å². The molecule has 12 rings (SSSR count). The third-order valence-corrected chi connectivity index (χ3v) is 11.8. The van der Waals surface area contributed by atoms with Crippen molar-refractivity contribution in [3.05, 3.63) is 212 Å². The van der Waals surface area contributed by atoms with Gasteiger partial charge in [-0.1, -0.05) is 164 Å². The molecule has 266 valence electrons. The Hall–Kier alpha value is -7.62. The highest BCUT2D eigenvalue weighted by atomic mass is 15.0. The molecule has 0 atom stereocenters. The minimum atomic E-state index is 1.12. The number of fused-ring (bicyclic) bond motifs is 10. The second-order valence-electron chi connectivity index (χ2n) is 14.9. The lowest BCUT2D eigenvalue weighted by Crippen LogP contribution is -2.01. The maximum atomic E-state index is 2.50. The molecule has 3 heteroatoms. The summed E-state index contributed by atoms with van der Waals surface area (Å²) in [5.74, 6) is 0. The van der Waals surface area contributed by atoms with Crippen molar-refractivity contribution in [2.45, 2.75) is 0 Å². The fourth-order valence-electron chi connectivity index (χ4n) is 9.46. The Bertz CT molecular complexity index is 3460. The van der Waals surface area contributed by atoms with Gasteiger partial charge in [-0.2, -0.15) is 0 Å². The van der Waals surface area contributed by atoms with Crippen LogP contribution in [0.1, 0.15) is 0 Å². The number of benzene rings is 9. The molecule has 0 aliphatic carbocycles. The molecule has 0 amide bonds. The fourth-order valence-corrected chi connectivity index (χ4v) is 9.46. The third-order valence-electron chi connectivity index (χ3n) is 11.8. The first-order valence-electron chi connectivity index (χ1n) is 19.6. The first-order chi connectivity index (χ1) is 28.3. The topological polar surface area (TPSA) is 14.8 Å². The molecule has 9 aromatic carbocycles. The van der Waals surface area contributed by atoms with Gasteiger partial charge in [0.25, 0.3) is 0 Å². The molecule has 0 spiro atoms. The van der Waals surface area contributed by atoms with Crippen molar-refractivity contribution >= 4 is 65.4 Å². The van der Waals surface area contributed by atoms with Gasteiger partial charge in [0.05, 0.1) is 38.8 Å². The molecule has 0 unspecified atom stereocenters. The normalized spacial score (nSPS) is 11.9. The number of hydrogen-bond acceptors (Lipinski definition) is 0. The summed E-state index contributed by atoms with van der Waals surface area (Å²) in [4.78, 5) is 0. The molecule has 3 aromatic heterocycles. The van der Waals surface area contributed by atoms with E-state index in [9.17, 15) is 0 Å². The van der Waals surface area contributed by atoms with Crippen LogP contribution in [0.15, 0.2) is 212 Å². The Morgan fingerprint density at radius 3 is 1.19 bits per heavy atom. The first kappa shape index (κ1) is 31.7. The fraction of sp³-hybridized carbons (Fsp3) is 0. The van der Waals surface area contributed by atoms with E-state index in [0.717, 1.165) is 16.9 Å². The smallest absolute Gasteiger partial charge is 0.0788 e. The summed E-state index contributed by atoms with van der Waals surface area (Å²) >= 11 is 0. The largest absolute Gasteiger partial charge is 0.308 e. The Morgan fingerprint density at radius 1 is 0.246 bits per heavy atom. The van der Waals surface area contributed by atoms with Gasteiger partial charge in [0.15, 0.2) is 0 Å². The quantitative estimate of drug-likeness (QED) is 0.168. The van der Waals surface area contributed by atoms with Crippen molar-refractivity contribution in [1.29, 1.82) is 0 Å². The summed E-state index contributed by atoms with van der Waals surface area (Å²) in [6, 6.07) is 77.4. The van der Waals surface area contributed by atoms with Gasteiger partial charge < -0.3 is 13.7 Å².